The van der Waals surface area contributed by atoms with E-state index in [1.165, 1.54) is 11.1 Å². The van der Waals surface area contributed by atoms with Crippen molar-refractivity contribution in [3.8, 4) is 11.5 Å². The number of guanidine groups is 1. The predicted octanol–water partition coefficient (Wildman–Crippen LogP) is 4.03. The van der Waals surface area contributed by atoms with Crippen LogP contribution in [0, 0.1) is 6.92 Å². The fourth-order valence-corrected chi connectivity index (χ4v) is 2.71. The number of aliphatic hydroxyl groups is 1. The Balaban J connectivity index is 0.00000450. The molecular weight excluding hydrogens is 493 g/mol. The average Bonchev–Trinajstić information content (AvgIpc) is 2.75. The second-order valence-corrected chi connectivity index (χ2v) is 6.84. The number of aryl methyl sites for hydroxylation is 1. The summed E-state index contributed by atoms with van der Waals surface area (Å²) < 4.78 is 10.9. The molecule has 7 heteroatoms. The molecule has 0 aromatic heterocycles. The van der Waals surface area contributed by atoms with Crippen LogP contribution in [-0.4, -0.2) is 37.9 Å². The van der Waals surface area contributed by atoms with Crippen LogP contribution in [0.25, 0.3) is 0 Å². The Morgan fingerprint density at radius 1 is 1.03 bits per heavy atom. The molecule has 0 aliphatic rings. The molecule has 2 aromatic carbocycles. The summed E-state index contributed by atoms with van der Waals surface area (Å²) in [5.41, 5.74) is 3.49. The summed E-state index contributed by atoms with van der Waals surface area (Å²) >= 11 is 0. The van der Waals surface area contributed by atoms with E-state index < -0.39 is 0 Å². The van der Waals surface area contributed by atoms with Gasteiger partial charge >= 0.3 is 0 Å². The van der Waals surface area contributed by atoms with E-state index in [0.717, 1.165) is 37.5 Å². The van der Waals surface area contributed by atoms with Crippen molar-refractivity contribution in [2.75, 3.05) is 26.9 Å². The minimum Gasteiger partial charge on any atom is -0.493 e. The third-order valence-electron chi connectivity index (χ3n) is 4.40. The Bertz CT molecular complexity index is 767. The van der Waals surface area contributed by atoms with Crippen molar-refractivity contribution in [1.29, 1.82) is 0 Å². The maximum Gasteiger partial charge on any atom is 0.191 e. The maximum atomic E-state index is 8.93. The number of nitrogens with zero attached hydrogens (tertiary/aromatic N) is 1. The number of nitrogens with one attached hydrogen (secondary N) is 2. The fourth-order valence-electron chi connectivity index (χ4n) is 2.71. The Hall–Kier alpha value is -2.00. The highest BCUT2D eigenvalue weighted by Crippen LogP contribution is 2.28. The highest BCUT2D eigenvalue weighted by molar-refractivity contribution is 14.0. The summed E-state index contributed by atoms with van der Waals surface area (Å²) in [6, 6.07) is 14.2. The number of halogens is 1. The van der Waals surface area contributed by atoms with E-state index >= 15 is 0 Å². The summed E-state index contributed by atoms with van der Waals surface area (Å²) in [7, 11) is 1.61. The van der Waals surface area contributed by atoms with E-state index in [0.29, 0.717) is 18.0 Å². The van der Waals surface area contributed by atoms with Gasteiger partial charge in [-0.15, -0.1) is 24.0 Å². The zero-order chi connectivity index (χ0) is 20.9. The van der Waals surface area contributed by atoms with Crippen molar-refractivity contribution in [3.05, 3.63) is 59.2 Å². The van der Waals surface area contributed by atoms with Gasteiger partial charge in [0, 0.05) is 13.1 Å². The van der Waals surface area contributed by atoms with Crippen LogP contribution in [0.5, 0.6) is 11.5 Å². The van der Waals surface area contributed by atoms with E-state index in [1.807, 2.05) is 18.2 Å². The quantitative estimate of drug-likeness (QED) is 0.178. The fraction of sp³-hybridized carbons (Fsp3) is 0.435. The molecule has 2 rings (SSSR count). The Morgan fingerprint density at radius 2 is 1.77 bits per heavy atom. The van der Waals surface area contributed by atoms with Crippen molar-refractivity contribution in [2.45, 2.75) is 39.8 Å². The lowest BCUT2D eigenvalue weighted by Gasteiger charge is -2.14. The van der Waals surface area contributed by atoms with Crippen molar-refractivity contribution in [1.82, 2.24) is 10.6 Å². The van der Waals surface area contributed by atoms with Crippen molar-refractivity contribution >= 4 is 29.9 Å². The molecule has 0 bridgehead atoms. The molecule has 3 N–H and O–H groups in total. The minimum absolute atomic E-state index is 0. The summed E-state index contributed by atoms with van der Waals surface area (Å²) in [4.78, 5) is 4.72. The lowest BCUT2D eigenvalue weighted by atomic mass is 10.1. The molecule has 0 atom stereocenters. The van der Waals surface area contributed by atoms with Crippen LogP contribution in [0.1, 0.15) is 36.5 Å². The smallest absolute Gasteiger partial charge is 0.191 e. The van der Waals surface area contributed by atoms with Crippen molar-refractivity contribution in [2.24, 2.45) is 4.99 Å². The molecule has 166 valence electrons. The van der Waals surface area contributed by atoms with Gasteiger partial charge in [-0.25, -0.2) is 4.99 Å². The molecule has 0 aliphatic heterocycles. The molecule has 0 fully saturated rings. The molecule has 0 saturated heterocycles. The number of hydrogen-bond donors (Lipinski definition) is 3. The van der Waals surface area contributed by atoms with Crippen LogP contribution in [0.2, 0.25) is 0 Å². The number of methoxy groups -OCH3 is 1. The van der Waals surface area contributed by atoms with Crippen LogP contribution in [0.3, 0.4) is 0 Å². The van der Waals surface area contributed by atoms with Gasteiger partial charge in [0.25, 0.3) is 0 Å². The van der Waals surface area contributed by atoms with Gasteiger partial charge in [0.2, 0.25) is 0 Å². The Morgan fingerprint density at radius 3 is 2.43 bits per heavy atom. The third-order valence-corrected chi connectivity index (χ3v) is 4.40. The van der Waals surface area contributed by atoms with Gasteiger partial charge < -0.3 is 25.2 Å². The number of unbranched alkanes of at least 4 members (excludes halogenated alkanes) is 1. The zero-order valence-electron chi connectivity index (χ0n) is 18.1. The van der Waals surface area contributed by atoms with E-state index in [-0.39, 0.29) is 37.2 Å². The summed E-state index contributed by atoms with van der Waals surface area (Å²) in [6.07, 6.45) is 2.22. The number of hydrogen-bond acceptors (Lipinski definition) is 4. The van der Waals surface area contributed by atoms with Gasteiger partial charge in [-0.3, -0.25) is 0 Å². The molecule has 2 aromatic rings. The summed E-state index contributed by atoms with van der Waals surface area (Å²) in [6.45, 7) is 6.58. The number of aliphatic imine (C=N–C) groups is 1. The lowest BCUT2D eigenvalue weighted by Crippen LogP contribution is -2.37. The Labute approximate surface area is 197 Å². The molecule has 0 spiro atoms. The van der Waals surface area contributed by atoms with E-state index in [1.54, 1.807) is 7.11 Å². The zero-order valence-corrected chi connectivity index (χ0v) is 20.4. The first-order valence-electron chi connectivity index (χ1n) is 10.1. The molecule has 30 heavy (non-hydrogen) atoms. The SMILES string of the molecule is CCCCNC(=NCc1ccc(OCCO)c(OC)c1)NCc1ccc(C)cc1.I. The van der Waals surface area contributed by atoms with Gasteiger partial charge in [-0.2, -0.15) is 0 Å². The van der Waals surface area contributed by atoms with Crippen LogP contribution in [0.15, 0.2) is 47.5 Å². The van der Waals surface area contributed by atoms with Crippen molar-refractivity contribution in [3.63, 3.8) is 0 Å². The minimum atomic E-state index is -0.0331. The van der Waals surface area contributed by atoms with Gasteiger partial charge in [0.15, 0.2) is 17.5 Å². The molecule has 0 unspecified atom stereocenters. The van der Waals surface area contributed by atoms with Crippen LogP contribution in [-0.2, 0) is 13.1 Å². The lowest BCUT2D eigenvalue weighted by molar-refractivity contribution is 0.196. The second-order valence-electron chi connectivity index (χ2n) is 6.84. The van der Waals surface area contributed by atoms with Crippen LogP contribution < -0.4 is 20.1 Å². The standard InChI is InChI=1S/C23H33N3O3.HI/c1-4-5-12-24-23(25-16-19-8-6-18(2)7-9-19)26-17-20-10-11-21(29-14-13-27)22(15-20)28-3;/h6-11,15,27H,4-5,12-14,16-17H2,1-3H3,(H2,24,25,26);1H. The number of aliphatic hydroxyl groups excluding tert-OH is 1. The first-order valence-corrected chi connectivity index (χ1v) is 10.1. The molecule has 0 aliphatic carbocycles. The molecular formula is C23H34IN3O3. The molecule has 6 nitrogen and oxygen atoms in total. The largest absolute Gasteiger partial charge is 0.493 e. The average molecular weight is 527 g/mol. The van der Waals surface area contributed by atoms with Crippen molar-refractivity contribution < 1.29 is 14.6 Å². The van der Waals surface area contributed by atoms with Crippen LogP contribution >= 0.6 is 24.0 Å². The molecule has 0 saturated carbocycles. The van der Waals surface area contributed by atoms with Gasteiger partial charge in [0.1, 0.15) is 6.61 Å². The molecule has 0 amide bonds. The van der Waals surface area contributed by atoms with Gasteiger partial charge in [-0.1, -0.05) is 49.2 Å². The number of rotatable bonds is 11. The van der Waals surface area contributed by atoms with E-state index in [2.05, 4.69) is 48.7 Å². The highest BCUT2D eigenvalue weighted by Gasteiger charge is 2.06. The molecule has 0 heterocycles. The number of benzene rings is 2. The summed E-state index contributed by atoms with van der Waals surface area (Å²) in [5, 5.41) is 15.7. The Kier molecular flexibility index (Phi) is 12.9. The summed E-state index contributed by atoms with van der Waals surface area (Å²) in [5.74, 6) is 2.05. The number of ether oxygens (including phenoxy) is 2. The first-order chi connectivity index (χ1) is 14.2. The van der Waals surface area contributed by atoms with E-state index in [9.17, 15) is 0 Å². The predicted molar refractivity (Wildman–Crippen MR) is 133 cm³/mol. The van der Waals surface area contributed by atoms with Crippen LogP contribution in [0.4, 0.5) is 0 Å². The maximum absolute atomic E-state index is 8.93. The monoisotopic (exact) mass is 527 g/mol. The highest BCUT2D eigenvalue weighted by atomic mass is 127. The normalized spacial score (nSPS) is 10.9. The molecule has 0 radical (unpaired) electrons. The van der Waals surface area contributed by atoms with Gasteiger partial charge in [-0.05, 0) is 36.6 Å². The van der Waals surface area contributed by atoms with E-state index in [4.69, 9.17) is 19.6 Å². The topological polar surface area (TPSA) is 75.1 Å². The van der Waals surface area contributed by atoms with Gasteiger partial charge in [0.05, 0.1) is 20.3 Å². The second kappa shape index (κ2) is 14.9. The third kappa shape index (κ3) is 9.21. The first kappa shape index (κ1) is 26.0.